The van der Waals surface area contributed by atoms with Crippen molar-refractivity contribution < 1.29 is 0 Å². The molecule has 2 rings (SSSR count). The zero-order valence-corrected chi connectivity index (χ0v) is 11.2. The molecule has 0 saturated heterocycles. The van der Waals surface area contributed by atoms with Gasteiger partial charge in [-0.15, -0.1) is 0 Å². The Kier molecular flexibility index (Phi) is 4.61. The van der Waals surface area contributed by atoms with E-state index < -0.39 is 0 Å². The zero-order chi connectivity index (χ0) is 12.1. The predicted octanol–water partition coefficient (Wildman–Crippen LogP) is 4.23. The molecule has 17 heavy (non-hydrogen) atoms. The van der Waals surface area contributed by atoms with Crippen LogP contribution in [0.5, 0.6) is 0 Å². The lowest BCUT2D eigenvalue weighted by Gasteiger charge is -2.24. The van der Waals surface area contributed by atoms with Crippen molar-refractivity contribution in [2.45, 2.75) is 64.5 Å². The molecule has 1 aromatic carbocycles. The third-order valence-corrected chi connectivity index (χ3v) is 3.80. The van der Waals surface area contributed by atoms with Gasteiger partial charge in [-0.1, -0.05) is 57.4 Å². The van der Waals surface area contributed by atoms with E-state index in [4.69, 9.17) is 0 Å². The fraction of sp³-hybridized carbons (Fsp3) is 0.625. The van der Waals surface area contributed by atoms with Crippen LogP contribution >= 0.6 is 0 Å². The Morgan fingerprint density at radius 2 is 1.82 bits per heavy atom. The lowest BCUT2D eigenvalue weighted by Crippen LogP contribution is -2.23. The lowest BCUT2D eigenvalue weighted by atomic mass is 9.82. The molecule has 0 heterocycles. The average Bonchev–Trinajstić information content (AvgIpc) is 2.38. The molecule has 1 aromatic rings. The van der Waals surface area contributed by atoms with Crippen molar-refractivity contribution in [3.63, 3.8) is 0 Å². The topological polar surface area (TPSA) is 12.0 Å². The molecule has 0 atom stereocenters. The second-order valence-electron chi connectivity index (χ2n) is 5.57. The molecule has 1 nitrogen and oxygen atoms in total. The number of rotatable bonds is 4. The second-order valence-corrected chi connectivity index (χ2v) is 5.57. The summed E-state index contributed by atoms with van der Waals surface area (Å²) < 4.78 is 0. The number of hydrogen-bond acceptors (Lipinski definition) is 1. The third-order valence-electron chi connectivity index (χ3n) is 3.80. The van der Waals surface area contributed by atoms with Crippen LogP contribution in [-0.2, 0) is 6.54 Å². The summed E-state index contributed by atoms with van der Waals surface area (Å²) in [5.74, 6) is 0.814. The van der Waals surface area contributed by atoms with Gasteiger partial charge in [-0.05, 0) is 29.9 Å². The Balaban J connectivity index is 2.09. The molecule has 0 amide bonds. The normalized spacial score (nSPS) is 17.6. The number of benzene rings is 1. The van der Waals surface area contributed by atoms with E-state index in [0.29, 0.717) is 6.04 Å². The molecule has 0 bridgehead atoms. The van der Waals surface area contributed by atoms with Crippen LogP contribution in [0.4, 0.5) is 0 Å². The number of hydrogen-bond donors (Lipinski definition) is 1. The molecule has 0 radical (unpaired) electrons. The maximum atomic E-state index is 3.54. The van der Waals surface area contributed by atoms with Crippen molar-refractivity contribution in [2.24, 2.45) is 0 Å². The molecule has 0 unspecified atom stereocenters. The van der Waals surface area contributed by atoms with Crippen LogP contribution in [0.2, 0.25) is 0 Å². The minimum Gasteiger partial charge on any atom is -0.310 e. The van der Waals surface area contributed by atoms with Gasteiger partial charge in [-0.2, -0.15) is 0 Å². The summed E-state index contributed by atoms with van der Waals surface area (Å²) in [6, 6.07) is 9.56. The molecule has 0 aromatic heterocycles. The van der Waals surface area contributed by atoms with Crippen LogP contribution < -0.4 is 5.32 Å². The summed E-state index contributed by atoms with van der Waals surface area (Å²) >= 11 is 0. The monoisotopic (exact) mass is 231 g/mol. The van der Waals surface area contributed by atoms with Gasteiger partial charge >= 0.3 is 0 Å². The fourth-order valence-corrected chi connectivity index (χ4v) is 2.82. The van der Waals surface area contributed by atoms with Gasteiger partial charge in [-0.25, -0.2) is 0 Å². The first-order valence-electron chi connectivity index (χ1n) is 7.08. The second kappa shape index (κ2) is 6.20. The van der Waals surface area contributed by atoms with Gasteiger partial charge in [0.25, 0.3) is 0 Å². The molecule has 0 aliphatic heterocycles. The van der Waals surface area contributed by atoms with Crippen molar-refractivity contribution in [3.05, 3.63) is 35.4 Å². The van der Waals surface area contributed by atoms with Crippen LogP contribution in [0, 0.1) is 0 Å². The first-order valence-corrected chi connectivity index (χ1v) is 7.08. The SMILES string of the molecule is CC(C)NCc1ccccc1C1CCCCC1. The largest absolute Gasteiger partial charge is 0.310 e. The quantitative estimate of drug-likeness (QED) is 0.817. The number of nitrogens with one attached hydrogen (secondary N) is 1. The van der Waals surface area contributed by atoms with Crippen molar-refractivity contribution in [1.82, 2.24) is 5.32 Å². The van der Waals surface area contributed by atoms with E-state index in [-0.39, 0.29) is 0 Å². The van der Waals surface area contributed by atoms with Crippen molar-refractivity contribution in [1.29, 1.82) is 0 Å². The highest BCUT2D eigenvalue weighted by molar-refractivity contribution is 5.30. The van der Waals surface area contributed by atoms with E-state index >= 15 is 0 Å². The summed E-state index contributed by atoms with van der Waals surface area (Å²) in [4.78, 5) is 0. The van der Waals surface area contributed by atoms with Crippen LogP contribution in [0.1, 0.15) is 63.0 Å². The predicted molar refractivity (Wildman–Crippen MR) is 74.2 cm³/mol. The third kappa shape index (κ3) is 3.57. The molecule has 1 aliphatic carbocycles. The first-order chi connectivity index (χ1) is 8.27. The standard InChI is InChI=1S/C16H25N/c1-13(2)17-12-15-10-6-7-11-16(15)14-8-4-3-5-9-14/h6-7,10-11,13-14,17H,3-5,8-9,12H2,1-2H3. The van der Waals surface area contributed by atoms with Crippen molar-refractivity contribution >= 4 is 0 Å². The van der Waals surface area contributed by atoms with Gasteiger partial charge in [0, 0.05) is 12.6 Å². The van der Waals surface area contributed by atoms with E-state index in [1.807, 2.05) is 0 Å². The lowest BCUT2D eigenvalue weighted by molar-refractivity contribution is 0.440. The first kappa shape index (κ1) is 12.6. The van der Waals surface area contributed by atoms with E-state index in [9.17, 15) is 0 Å². The molecular weight excluding hydrogens is 206 g/mol. The molecular formula is C16H25N. The van der Waals surface area contributed by atoms with Gasteiger partial charge in [0.05, 0.1) is 0 Å². The van der Waals surface area contributed by atoms with E-state index in [1.165, 1.54) is 37.7 Å². The van der Waals surface area contributed by atoms with Crippen LogP contribution in [0.25, 0.3) is 0 Å². The van der Waals surface area contributed by atoms with Crippen molar-refractivity contribution in [3.8, 4) is 0 Å². The van der Waals surface area contributed by atoms with Crippen LogP contribution in [0.15, 0.2) is 24.3 Å². The maximum absolute atomic E-state index is 3.54. The van der Waals surface area contributed by atoms with Gasteiger partial charge in [0.2, 0.25) is 0 Å². The Bertz CT molecular complexity index is 337. The Morgan fingerprint density at radius 3 is 2.53 bits per heavy atom. The molecule has 1 aliphatic rings. The molecule has 1 N–H and O–H groups in total. The fourth-order valence-electron chi connectivity index (χ4n) is 2.82. The molecule has 94 valence electrons. The highest BCUT2D eigenvalue weighted by Gasteiger charge is 2.17. The van der Waals surface area contributed by atoms with Crippen molar-refractivity contribution in [2.75, 3.05) is 0 Å². The van der Waals surface area contributed by atoms with Gasteiger partial charge < -0.3 is 5.32 Å². The Hall–Kier alpha value is -0.820. The van der Waals surface area contributed by atoms with Crippen LogP contribution in [-0.4, -0.2) is 6.04 Å². The highest BCUT2D eigenvalue weighted by atomic mass is 14.9. The maximum Gasteiger partial charge on any atom is 0.0210 e. The molecule has 0 spiro atoms. The Labute approximate surface area is 106 Å². The van der Waals surface area contributed by atoms with E-state index in [2.05, 4.69) is 43.4 Å². The van der Waals surface area contributed by atoms with E-state index in [1.54, 1.807) is 5.56 Å². The Morgan fingerprint density at radius 1 is 1.12 bits per heavy atom. The summed E-state index contributed by atoms with van der Waals surface area (Å²) in [6.07, 6.45) is 7.04. The van der Waals surface area contributed by atoms with Crippen LogP contribution in [0.3, 0.4) is 0 Å². The molecule has 1 heteroatoms. The summed E-state index contributed by atoms with van der Waals surface area (Å²) in [5.41, 5.74) is 3.11. The minimum absolute atomic E-state index is 0.564. The van der Waals surface area contributed by atoms with E-state index in [0.717, 1.165) is 12.5 Å². The average molecular weight is 231 g/mol. The van der Waals surface area contributed by atoms with Gasteiger partial charge in [0.1, 0.15) is 0 Å². The zero-order valence-electron chi connectivity index (χ0n) is 11.2. The highest BCUT2D eigenvalue weighted by Crippen LogP contribution is 2.34. The van der Waals surface area contributed by atoms with Gasteiger partial charge in [-0.3, -0.25) is 0 Å². The molecule has 1 fully saturated rings. The summed E-state index contributed by atoms with van der Waals surface area (Å²) in [7, 11) is 0. The minimum atomic E-state index is 0.564. The summed E-state index contributed by atoms with van der Waals surface area (Å²) in [5, 5.41) is 3.54. The summed E-state index contributed by atoms with van der Waals surface area (Å²) in [6.45, 7) is 5.44. The molecule has 1 saturated carbocycles. The smallest absolute Gasteiger partial charge is 0.0210 e. The van der Waals surface area contributed by atoms with Gasteiger partial charge in [0.15, 0.2) is 0 Å².